The van der Waals surface area contributed by atoms with Crippen LogP contribution in [0.4, 0.5) is 0 Å². The number of sulfonamides is 1. The van der Waals surface area contributed by atoms with E-state index in [4.69, 9.17) is 0 Å². The first kappa shape index (κ1) is 13.0. The highest BCUT2D eigenvalue weighted by Gasteiger charge is 2.47. The number of aliphatic hydroxyl groups excluding tert-OH is 1. The topological polar surface area (TPSA) is 70.5 Å². The summed E-state index contributed by atoms with van der Waals surface area (Å²) in [6, 6.07) is 3.41. The van der Waals surface area contributed by atoms with Crippen LogP contribution < -0.4 is 0 Å². The molecule has 2 fully saturated rings. The van der Waals surface area contributed by atoms with Crippen molar-refractivity contribution in [3.63, 3.8) is 0 Å². The standard InChI is InChI=1S/C13H18N2O3S/c16-13-5-8-15(19(17,18)11-1-2-11)12(13)9-10-3-6-14-7-4-10/h3-4,6-7,11-13,16H,1-2,5,8-9H2/t12-,13-/m0/s1. The molecule has 19 heavy (non-hydrogen) atoms. The van der Waals surface area contributed by atoms with E-state index in [0.717, 1.165) is 18.4 Å². The summed E-state index contributed by atoms with van der Waals surface area (Å²) >= 11 is 0. The van der Waals surface area contributed by atoms with Crippen LogP contribution in [0.3, 0.4) is 0 Å². The Morgan fingerprint density at radius 1 is 1.26 bits per heavy atom. The Morgan fingerprint density at radius 2 is 1.95 bits per heavy atom. The van der Waals surface area contributed by atoms with E-state index in [1.54, 1.807) is 12.4 Å². The number of hydrogen-bond donors (Lipinski definition) is 1. The summed E-state index contributed by atoms with van der Waals surface area (Å²) in [6.07, 6.45) is 5.42. The molecular weight excluding hydrogens is 264 g/mol. The Labute approximate surface area is 113 Å². The van der Waals surface area contributed by atoms with Crippen LogP contribution in [0.25, 0.3) is 0 Å². The lowest BCUT2D eigenvalue weighted by atomic mass is 10.0. The molecule has 1 saturated carbocycles. The Balaban J connectivity index is 1.81. The zero-order valence-corrected chi connectivity index (χ0v) is 11.5. The van der Waals surface area contributed by atoms with Crippen molar-refractivity contribution in [3.8, 4) is 0 Å². The van der Waals surface area contributed by atoms with Gasteiger partial charge in [-0.25, -0.2) is 8.42 Å². The minimum Gasteiger partial charge on any atom is -0.391 e. The molecule has 0 radical (unpaired) electrons. The minimum atomic E-state index is -3.21. The van der Waals surface area contributed by atoms with Gasteiger partial charge in [0, 0.05) is 18.9 Å². The highest BCUT2D eigenvalue weighted by atomic mass is 32.2. The van der Waals surface area contributed by atoms with E-state index in [-0.39, 0.29) is 11.3 Å². The van der Waals surface area contributed by atoms with Gasteiger partial charge in [-0.15, -0.1) is 0 Å². The molecule has 1 N–H and O–H groups in total. The fourth-order valence-electron chi connectivity index (χ4n) is 2.68. The van der Waals surface area contributed by atoms with Crippen molar-refractivity contribution >= 4 is 10.0 Å². The molecular formula is C13H18N2O3S. The molecule has 2 atom stereocenters. The lowest BCUT2D eigenvalue weighted by Crippen LogP contribution is -2.42. The number of aliphatic hydroxyl groups is 1. The van der Waals surface area contributed by atoms with E-state index < -0.39 is 16.1 Å². The first-order valence-corrected chi connectivity index (χ1v) is 8.17. The van der Waals surface area contributed by atoms with Crippen LogP contribution >= 0.6 is 0 Å². The van der Waals surface area contributed by atoms with Gasteiger partial charge >= 0.3 is 0 Å². The largest absolute Gasteiger partial charge is 0.391 e. The van der Waals surface area contributed by atoms with Crippen LogP contribution in [-0.2, 0) is 16.4 Å². The fourth-order valence-corrected chi connectivity index (χ4v) is 4.75. The summed E-state index contributed by atoms with van der Waals surface area (Å²) in [5.74, 6) is 0. The maximum absolute atomic E-state index is 12.3. The van der Waals surface area contributed by atoms with Crippen LogP contribution in [-0.4, -0.2) is 46.8 Å². The second-order valence-electron chi connectivity index (χ2n) is 5.34. The summed E-state index contributed by atoms with van der Waals surface area (Å²) in [5.41, 5.74) is 1.01. The molecule has 1 saturated heterocycles. The molecule has 6 heteroatoms. The fraction of sp³-hybridized carbons (Fsp3) is 0.615. The molecule has 0 bridgehead atoms. The van der Waals surface area contributed by atoms with Gasteiger partial charge in [0.15, 0.2) is 0 Å². The molecule has 5 nitrogen and oxygen atoms in total. The summed E-state index contributed by atoms with van der Waals surface area (Å²) in [4.78, 5) is 3.95. The van der Waals surface area contributed by atoms with Gasteiger partial charge in [-0.05, 0) is 43.4 Å². The first-order chi connectivity index (χ1) is 9.09. The second-order valence-corrected chi connectivity index (χ2v) is 7.50. The number of rotatable bonds is 4. The molecule has 104 valence electrons. The number of pyridine rings is 1. The maximum Gasteiger partial charge on any atom is 0.217 e. The van der Waals surface area contributed by atoms with Crippen molar-refractivity contribution in [2.75, 3.05) is 6.54 Å². The van der Waals surface area contributed by atoms with Crippen LogP contribution in [0.15, 0.2) is 24.5 Å². The van der Waals surface area contributed by atoms with E-state index in [1.165, 1.54) is 4.31 Å². The third-order valence-electron chi connectivity index (χ3n) is 3.93. The number of aromatic nitrogens is 1. The maximum atomic E-state index is 12.3. The Bertz CT molecular complexity index is 542. The molecule has 2 heterocycles. The first-order valence-electron chi connectivity index (χ1n) is 6.66. The number of nitrogens with zero attached hydrogens (tertiary/aromatic N) is 2. The van der Waals surface area contributed by atoms with Gasteiger partial charge < -0.3 is 5.11 Å². The molecule has 0 unspecified atom stereocenters. The Hall–Kier alpha value is -0.980. The third-order valence-corrected chi connectivity index (χ3v) is 6.35. The molecule has 1 aliphatic carbocycles. The monoisotopic (exact) mass is 282 g/mol. The minimum absolute atomic E-state index is 0.210. The normalized spacial score (nSPS) is 28.7. The van der Waals surface area contributed by atoms with E-state index in [9.17, 15) is 13.5 Å². The molecule has 1 aromatic heterocycles. The Morgan fingerprint density at radius 3 is 2.58 bits per heavy atom. The van der Waals surface area contributed by atoms with E-state index in [0.29, 0.717) is 19.4 Å². The molecule has 1 aromatic rings. The van der Waals surface area contributed by atoms with Gasteiger partial charge in [0.05, 0.1) is 17.4 Å². The lowest BCUT2D eigenvalue weighted by Gasteiger charge is -2.25. The van der Waals surface area contributed by atoms with Crippen molar-refractivity contribution in [2.24, 2.45) is 0 Å². The van der Waals surface area contributed by atoms with Crippen LogP contribution in [0, 0.1) is 0 Å². The SMILES string of the molecule is O=S(=O)(C1CC1)N1CC[C@H](O)[C@@H]1Cc1ccncc1. The predicted molar refractivity (Wildman–Crippen MR) is 71.0 cm³/mol. The average Bonchev–Trinajstić information content (AvgIpc) is 3.18. The van der Waals surface area contributed by atoms with E-state index >= 15 is 0 Å². The quantitative estimate of drug-likeness (QED) is 0.875. The van der Waals surface area contributed by atoms with Crippen LogP contribution in [0.2, 0.25) is 0 Å². The van der Waals surface area contributed by atoms with Crippen LogP contribution in [0.1, 0.15) is 24.8 Å². The Kier molecular flexibility index (Phi) is 3.32. The van der Waals surface area contributed by atoms with Crippen molar-refractivity contribution in [2.45, 2.75) is 43.1 Å². The molecule has 1 aliphatic heterocycles. The van der Waals surface area contributed by atoms with Crippen molar-refractivity contribution in [1.82, 2.24) is 9.29 Å². The zero-order chi connectivity index (χ0) is 13.5. The number of hydrogen-bond acceptors (Lipinski definition) is 4. The van der Waals surface area contributed by atoms with E-state index in [1.807, 2.05) is 12.1 Å². The highest BCUT2D eigenvalue weighted by molar-refractivity contribution is 7.90. The summed E-state index contributed by atoms with van der Waals surface area (Å²) in [6.45, 7) is 0.440. The van der Waals surface area contributed by atoms with E-state index in [2.05, 4.69) is 4.98 Å². The van der Waals surface area contributed by atoms with Gasteiger partial charge in [0.1, 0.15) is 0 Å². The zero-order valence-electron chi connectivity index (χ0n) is 10.6. The highest BCUT2D eigenvalue weighted by Crippen LogP contribution is 2.35. The molecule has 0 amide bonds. The average molecular weight is 282 g/mol. The molecule has 0 spiro atoms. The summed E-state index contributed by atoms with van der Waals surface area (Å²) in [5, 5.41) is 9.85. The molecule has 0 aromatic carbocycles. The smallest absolute Gasteiger partial charge is 0.217 e. The van der Waals surface area contributed by atoms with Crippen molar-refractivity contribution < 1.29 is 13.5 Å². The van der Waals surface area contributed by atoms with Gasteiger partial charge in [0.2, 0.25) is 10.0 Å². The lowest BCUT2D eigenvalue weighted by molar-refractivity contribution is 0.142. The summed E-state index contributed by atoms with van der Waals surface area (Å²) in [7, 11) is -3.21. The van der Waals surface area contributed by atoms with Crippen molar-refractivity contribution in [3.05, 3.63) is 30.1 Å². The van der Waals surface area contributed by atoms with Gasteiger partial charge in [-0.1, -0.05) is 0 Å². The second kappa shape index (κ2) is 4.85. The predicted octanol–water partition coefficient (Wildman–Crippen LogP) is 0.551. The molecule has 2 aliphatic rings. The third kappa shape index (κ3) is 2.52. The molecule has 3 rings (SSSR count). The van der Waals surface area contributed by atoms with Crippen LogP contribution in [0.5, 0.6) is 0 Å². The summed E-state index contributed by atoms with van der Waals surface area (Å²) < 4.78 is 26.2. The van der Waals surface area contributed by atoms with Gasteiger partial charge in [0.25, 0.3) is 0 Å². The van der Waals surface area contributed by atoms with Crippen molar-refractivity contribution in [1.29, 1.82) is 0 Å². The van der Waals surface area contributed by atoms with Gasteiger partial charge in [-0.3, -0.25) is 4.98 Å². The van der Waals surface area contributed by atoms with Gasteiger partial charge in [-0.2, -0.15) is 4.31 Å².